The molecule has 18 heavy (non-hydrogen) atoms. The zero-order valence-electron chi connectivity index (χ0n) is 9.23. The van der Waals surface area contributed by atoms with Crippen molar-refractivity contribution in [1.82, 2.24) is 4.98 Å². The van der Waals surface area contributed by atoms with E-state index in [4.69, 9.17) is 14.6 Å². The standard InChI is InChI=1S/C12H9NO5/c14-11(12(15)16)7-5-13-8-4-10-9(3-6(7)8)17-1-2-18-10/h3-5,13H,1-2H2,(H,15,16). The van der Waals surface area contributed by atoms with Crippen LogP contribution in [0.5, 0.6) is 11.5 Å². The average molecular weight is 247 g/mol. The largest absolute Gasteiger partial charge is 0.486 e. The van der Waals surface area contributed by atoms with Crippen LogP contribution in [-0.2, 0) is 4.79 Å². The molecule has 0 spiro atoms. The van der Waals surface area contributed by atoms with Gasteiger partial charge in [0.25, 0.3) is 5.78 Å². The summed E-state index contributed by atoms with van der Waals surface area (Å²) >= 11 is 0. The van der Waals surface area contributed by atoms with Gasteiger partial charge in [-0.2, -0.15) is 0 Å². The Kier molecular flexibility index (Phi) is 2.22. The van der Waals surface area contributed by atoms with Gasteiger partial charge in [0, 0.05) is 17.6 Å². The Morgan fingerprint density at radius 3 is 2.50 bits per heavy atom. The quantitative estimate of drug-likeness (QED) is 0.615. The molecule has 0 fully saturated rings. The second-order valence-electron chi connectivity index (χ2n) is 3.88. The molecule has 0 bridgehead atoms. The number of carbonyl (C=O) groups excluding carboxylic acids is 1. The van der Waals surface area contributed by atoms with Gasteiger partial charge in [-0.3, -0.25) is 4.79 Å². The van der Waals surface area contributed by atoms with Gasteiger partial charge in [0.05, 0.1) is 11.1 Å². The van der Waals surface area contributed by atoms with Crippen LogP contribution in [0.1, 0.15) is 10.4 Å². The number of ketones is 1. The van der Waals surface area contributed by atoms with E-state index in [1.54, 1.807) is 12.1 Å². The number of ether oxygens (including phenoxy) is 2. The average Bonchev–Trinajstić information content (AvgIpc) is 2.77. The minimum absolute atomic E-state index is 0.120. The Labute approximate surface area is 101 Å². The number of carboxylic acids is 1. The molecular formula is C12H9NO5. The Bertz CT molecular complexity index is 658. The number of aromatic amines is 1. The summed E-state index contributed by atoms with van der Waals surface area (Å²) in [6.45, 7) is 0.908. The van der Waals surface area contributed by atoms with Crippen molar-refractivity contribution in [3.63, 3.8) is 0 Å². The maximum atomic E-state index is 11.5. The summed E-state index contributed by atoms with van der Waals surface area (Å²) in [5, 5.41) is 9.25. The molecule has 2 heterocycles. The third-order valence-corrected chi connectivity index (χ3v) is 2.78. The highest BCUT2D eigenvalue weighted by atomic mass is 16.6. The van der Waals surface area contributed by atoms with Gasteiger partial charge in [0.1, 0.15) is 13.2 Å². The van der Waals surface area contributed by atoms with Crippen LogP contribution in [0, 0.1) is 0 Å². The SMILES string of the molecule is O=C(O)C(=O)c1c[nH]c2cc3c(cc12)OCCO3. The van der Waals surface area contributed by atoms with E-state index in [0.29, 0.717) is 35.6 Å². The van der Waals surface area contributed by atoms with E-state index < -0.39 is 11.8 Å². The van der Waals surface area contributed by atoms with E-state index in [2.05, 4.69) is 4.98 Å². The first kappa shape index (κ1) is 10.6. The first-order chi connectivity index (χ1) is 8.66. The lowest BCUT2D eigenvalue weighted by atomic mass is 10.1. The van der Waals surface area contributed by atoms with Gasteiger partial charge in [-0.1, -0.05) is 0 Å². The van der Waals surface area contributed by atoms with Crippen LogP contribution in [0.4, 0.5) is 0 Å². The van der Waals surface area contributed by atoms with Gasteiger partial charge in [-0.25, -0.2) is 4.79 Å². The van der Waals surface area contributed by atoms with Crippen LogP contribution in [-0.4, -0.2) is 35.1 Å². The van der Waals surface area contributed by atoms with E-state index in [1.807, 2.05) is 0 Å². The molecule has 0 saturated carbocycles. The molecule has 0 amide bonds. The summed E-state index contributed by atoms with van der Waals surface area (Å²) in [6.07, 6.45) is 1.38. The third kappa shape index (κ3) is 1.50. The lowest BCUT2D eigenvalue weighted by Gasteiger charge is -2.18. The fraction of sp³-hybridized carbons (Fsp3) is 0.167. The number of nitrogens with one attached hydrogen (secondary N) is 1. The molecule has 2 aromatic rings. The van der Waals surface area contributed by atoms with Crippen molar-refractivity contribution in [3.8, 4) is 11.5 Å². The van der Waals surface area contributed by atoms with E-state index in [-0.39, 0.29) is 5.56 Å². The van der Waals surface area contributed by atoms with E-state index >= 15 is 0 Å². The number of H-pyrrole nitrogens is 1. The highest BCUT2D eigenvalue weighted by Crippen LogP contribution is 2.35. The molecule has 0 aliphatic carbocycles. The van der Waals surface area contributed by atoms with Crippen molar-refractivity contribution < 1.29 is 24.2 Å². The van der Waals surface area contributed by atoms with Crippen molar-refractivity contribution in [2.75, 3.05) is 13.2 Å². The number of hydrogen-bond acceptors (Lipinski definition) is 4. The molecule has 0 atom stereocenters. The number of Topliss-reactive ketones (excluding diaryl/α,β-unsaturated/α-hetero) is 1. The highest BCUT2D eigenvalue weighted by Gasteiger charge is 2.21. The van der Waals surface area contributed by atoms with E-state index in [1.165, 1.54) is 6.20 Å². The first-order valence-electron chi connectivity index (χ1n) is 5.35. The van der Waals surface area contributed by atoms with Gasteiger partial charge in [-0.15, -0.1) is 0 Å². The van der Waals surface area contributed by atoms with E-state index in [9.17, 15) is 9.59 Å². The highest BCUT2D eigenvalue weighted by molar-refractivity contribution is 6.42. The zero-order chi connectivity index (χ0) is 12.7. The maximum Gasteiger partial charge on any atom is 0.377 e. The monoisotopic (exact) mass is 247 g/mol. The molecule has 0 radical (unpaired) electrons. The van der Waals surface area contributed by atoms with Crippen LogP contribution in [0.25, 0.3) is 10.9 Å². The number of carboxylic acid groups (broad SMARTS) is 1. The van der Waals surface area contributed by atoms with Crippen LogP contribution in [0.2, 0.25) is 0 Å². The fourth-order valence-corrected chi connectivity index (χ4v) is 1.96. The lowest BCUT2D eigenvalue weighted by molar-refractivity contribution is -0.131. The Morgan fingerprint density at radius 2 is 1.83 bits per heavy atom. The molecule has 6 heteroatoms. The summed E-state index contributed by atoms with van der Waals surface area (Å²) in [4.78, 5) is 25.1. The molecule has 92 valence electrons. The number of aliphatic carboxylic acids is 1. The molecule has 3 rings (SSSR count). The Balaban J connectivity index is 2.19. The molecule has 1 aromatic carbocycles. The molecule has 2 N–H and O–H groups in total. The van der Waals surface area contributed by atoms with Gasteiger partial charge in [-0.05, 0) is 6.07 Å². The fourth-order valence-electron chi connectivity index (χ4n) is 1.96. The number of aromatic nitrogens is 1. The van der Waals surface area contributed by atoms with Gasteiger partial charge in [0.2, 0.25) is 0 Å². The second-order valence-corrected chi connectivity index (χ2v) is 3.88. The van der Waals surface area contributed by atoms with Crippen LogP contribution in [0.15, 0.2) is 18.3 Å². The van der Waals surface area contributed by atoms with Crippen molar-refractivity contribution in [2.24, 2.45) is 0 Å². The molecule has 1 aliphatic heterocycles. The van der Waals surface area contributed by atoms with Crippen LogP contribution >= 0.6 is 0 Å². The summed E-state index contributed by atoms with van der Waals surface area (Å²) in [6, 6.07) is 3.32. The molecule has 1 aliphatic rings. The van der Waals surface area contributed by atoms with Crippen LogP contribution < -0.4 is 9.47 Å². The summed E-state index contributed by atoms with van der Waals surface area (Å²) in [5.41, 5.74) is 0.762. The van der Waals surface area contributed by atoms with Crippen molar-refractivity contribution in [1.29, 1.82) is 0 Å². The van der Waals surface area contributed by atoms with E-state index in [0.717, 1.165) is 0 Å². The summed E-state index contributed by atoms with van der Waals surface area (Å²) in [7, 11) is 0. The molecule has 0 saturated heterocycles. The maximum absolute atomic E-state index is 11.5. The molecular weight excluding hydrogens is 238 g/mol. The number of benzene rings is 1. The number of fused-ring (bicyclic) bond motifs is 2. The predicted octanol–water partition coefficient (Wildman–Crippen LogP) is 1.21. The lowest BCUT2D eigenvalue weighted by Crippen LogP contribution is -2.15. The Hall–Kier alpha value is -2.50. The van der Waals surface area contributed by atoms with Crippen molar-refractivity contribution in [3.05, 3.63) is 23.9 Å². The molecule has 6 nitrogen and oxygen atoms in total. The second kappa shape index (κ2) is 3.76. The van der Waals surface area contributed by atoms with Gasteiger partial charge < -0.3 is 19.6 Å². The first-order valence-corrected chi connectivity index (χ1v) is 5.35. The number of carbonyl (C=O) groups is 2. The topological polar surface area (TPSA) is 88.6 Å². The van der Waals surface area contributed by atoms with Gasteiger partial charge >= 0.3 is 5.97 Å². The minimum Gasteiger partial charge on any atom is -0.486 e. The Morgan fingerprint density at radius 1 is 1.17 bits per heavy atom. The predicted molar refractivity (Wildman–Crippen MR) is 61.3 cm³/mol. The van der Waals surface area contributed by atoms with Crippen LogP contribution in [0.3, 0.4) is 0 Å². The summed E-state index contributed by atoms with van der Waals surface area (Å²) in [5.74, 6) is -1.32. The molecule has 1 aromatic heterocycles. The molecule has 0 unspecified atom stereocenters. The zero-order valence-corrected chi connectivity index (χ0v) is 9.23. The summed E-state index contributed by atoms with van der Waals surface area (Å²) < 4.78 is 10.8. The van der Waals surface area contributed by atoms with Crippen molar-refractivity contribution in [2.45, 2.75) is 0 Å². The van der Waals surface area contributed by atoms with Crippen molar-refractivity contribution >= 4 is 22.7 Å². The third-order valence-electron chi connectivity index (χ3n) is 2.78. The number of hydrogen-bond donors (Lipinski definition) is 2. The van der Waals surface area contributed by atoms with Gasteiger partial charge in [0.15, 0.2) is 11.5 Å². The minimum atomic E-state index is -1.48. The smallest absolute Gasteiger partial charge is 0.377 e. The normalized spacial score (nSPS) is 13.6. The number of rotatable bonds is 2.